The second kappa shape index (κ2) is 8.45. The lowest BCUT2D eigenvalue weighted by molar-refractivity contribution is 0.178. The fourth-order valence-electron chi connectivity index (χ4n) is 3.45. The number of methoxy groups -OCH3 is 1. The molecule has 0 bridgehead atoms. The number of hydrogen-bond donors (Lipinski definition) is 0. The first-order chi connectivity index (χ1) is 13.3. The van der Waals surface area contributed by atoms with Gasteiger partial charge in [0.15, 0.2) is 5.82 Å². The summed E-state index contributed by atoms with van der Waals surface area (Å²) in [7, 11) is 1.67. The molecular weight excluding hydrogens is 344 g/mol. The van der Waals surface area contributed by atoms with Gasteiger partial charge in [-0.2, -0.15) is 4.98 Å². The first-order valence-corrected chi connectivity index (χ1v) is 9.35. The molecule has 0 radical (unpaired) electrons. The van der Waals surface area contributed by atoms with Gasteiger partial charge in [-0.05, 0) is 31.5 Å². The van der Waals surface area contributed by atoms with Crippen LogP contribution >= 0.6 is 0 Å². The minimum atomic E-state index is 0.267. The Morgan fingerprint density at radius 1 is 1.22 bits per heavy atom. The maximum absolute atomic E-state index is 5.65. The molecule has 0 aliphatic carbocycles. The molecule has 142 valence electrons. The van der Waals surface area contributed by atoms with E-state index in [-0.39, 0.29) is 5.92 Å². The van der Waals surface area contributed by atoms with Gasteiger partial charge in [0.25, 0.3) is 0 Å². The number of rotatable bonds is 7. The normalized spacial score (nSPS) is 18.0. The SMILES string of the molecule is COCCc1noc([C@H]2CCCN(Cc3coc(-c4ccccc4)n3)C2)n1. The van der Waals surface area contributed by atoms with Crippen LogP contribution in [0.4, 0.5) is 0 Å². The Labute approximate surface area is 158 Å². The van der Waals surface area contributed by atoms with Gasteiger partial charge < -0.3 is 13.7 Å². The summed E-state index contributed by atoms with van der Waals surface area (Å²) in [5.41, 5.74) is 1.94. The first-order valence-electron chi connectivity index (χ1n) is 9.35. The van der Waals surface area contributed by atoms with Crippen LogP contribution < -0.4 is 0 Å². The summed E-state index contributed by atoms with van der Waals surface area (Å²) in [4.78, 5) is 11.5. The standard InChI is InChI=1S/C20H24N4O3/c1-25-11-9-18-22-20(27-23-18)16-8-5-10-24(12-16)13-17-14-26-19(21-17)15-6-3-2-4-7-15/h2-4,6-7,14,16H,5,8-13H2,1H3/t16-/m0/s1. The molecule has 1 aromatic carbocycles. The lowest BCUT2D eigenvalue weighted by Crippen LogP contribution is -2.34. The number of nitrogens with zero attached hydrogens (tertiary/aromatic N) is 4. The molecule has 2 aromatic heterocycles. The van der Waals surface area contributed by atoms with Crippen molar-refractivity contribution in [2.75, 3.05) is 26.8 Å². The number of oxazole rings is 1. The predicted molar refractivity (Wildman–Crippen MR) is 99.1 cm³/mol. The maximum atomic E-state index is 5.65. The van der Waals surface area contributed by atoms with Crippen molar-refractivity contribution in [1.29, 1.82) is 0 Å². The molecule has 0 amide bonds. The van der Waals surface area contributed by atoms with Gasteiger partial charge in [0.1, 0.15) is 6.26 Å². The summed E-state index contributed by atoms with van der Waals surface area (Å²) >= 11 is 0. The molecule has 0 saturated carbocycles. The largest absolute Gasteiger partial charge is 0.444 e. The zero-order valence-electron chi connectivity index (χ0n) is 15.5. The maximum Gasteiger partial charge on any atom is 0.231 e. The second-order valence-corrected chi connectivity index (χ2v) is 6.88. The van der Waals surface area contributed by atoms with Gasteiger partial charge in [-0.1, -0.05) is 23.4 Å². The molecule has 1 fully saturated rings. The summed E-state index contributed by atoms with van der Waals surface area (Å²) < 4.78 is 16.2. The molecule has 0 unspecified atom stereocenters. The molecule has 7 nitrogen and oxygen atoms in total. The van der Waals surface area contributed by atoms with Crippen LogP contribution in [0.1, 0.15) is 36.2 Å². The molecule has 27 heavy (non-hydrogen) atoms. The molecule has 0 N–H and O–H groups in total. The number of likely N-dealkylation sites (tertiary alicyclic amines) is 1. The van der Waals surface area contributed by atoms with Gasteiger partial charge in [0.2, 0.25) is 11.8 Å². The molecule has 1 aliphatic rings. The Kier molecular flexibility index (Phi) is 5.60. The lowest BCUT2D eigenvalue weighted by atomic mass is 9.98. The van der Waals surface area contributed by atoms with Gasteiger partial charge in [0, 0.05) is 32.2 Å². The Bertz CT molecular complexity index is 846. The number of ether oxygens (including phenoxy) is 1. The number of piperidine rings is 1. The van der Waals surface area contributed by atoms with Crippen molar-refractivity contribution in [3.63, 3.8) is 0 Å². The Balaban J connectivity index is 1.37. The van der Waals surface area contributed by atoms with Crippen LogP contribution in [-0.2, 0) is 17.7 Å². The van der Waals surface area contributed by atoms with Gasteiger partial charge in [-0.3, -0.25) is 4.90 Å². The highest BCUT2D eigenvalue weighted by Crippen LogP contribution is 2.27. The van der Waals surface area contributed by atoms with E-state index in [2.05, 4.69) is 20.0 Å². The lowest BCUT2D eigenvalue weighted by Gasteiger charge is -2.30. The topological polar surface area (TPSA) is 77.4 Å². The van der Waals surface area contributed by atoms with Crippen LogP contribution in [-0.4, -0.2) is 46.8 Å². The van der Waals surface area contributed by atoms with Crippen molar-refractivity contribution in [3.05, 3.63) is 54.0 Å². The minimum absolute atomic E-state index is 0.267. The van der Waals surface area contributed by atoms with E-state index < -0.39 is 0 Å². The van der Waals surface area contributed by atoms with Gasteiger partial charge in [-0.15, -0.1) is 0 Å². The Hall–Kier alpha value is -2.51. The summed E-state index contributed by atoms with van der Waals surface area (Å²) in [6.45, 7) is 3.29. The Morgan fingerprint density at radius 2 is 2.11 bits per heavy atom. The van der Waals surface area contributed by atoms with Gasteiger partial charge in [0.05, 0.1) is 18.2 Å². The minimum Gasteiger partial charge on any atom is -0.444 e. The summed E-state index contributed by atoms with van der Waals surface area (Å²) in [5, 5.41) is 4.06. The monoisotopic (exact) mass is 368 g/mol. The molecule has 0 spiro atoms. The van der Waals surface area contributed by atoms with Gasteiger partial charge >= 0.3 is 0 Å². The third-order valence-corrected chi connectivity index (χ3v) is 4.83. The van der Waals surface area contributed by atoms with Crippen molar-refractivity contribution >= 4 is 0 Å². The van der Waals surface area contributed by atoms with Crippen LogP contribution in [0, 0.1) is 0 Å². The van der Waals surface area contributed by atoms with Crippen LogP contribution in [0.25, 0.3) is 11.5 Å². The molecule has 7 heteroatoms. The number of aromatic nitrogens is 3. The quantitative estimate of drug-likeness (QED) is 0.633. The van der Waals surface area contributed by atoms with Crippen LogP contribution in [0.5, 0.6) is 0 Å². The third kappa shape index (κ3) is 4.43. The van der Waals surface area contributed by atoms with E-state index in [4.69, 9.17) is 13.7 Å². The van der Waals surface area contributed by atoms with Crippen molar-refractivity contribution in [1.82, 2.24) is 20.0 Å². The number of hydrogen-bond acceptors (Lipinski definition) is 7. The predicted octanol–water partition coefficient (Wildman–Crippen LogP) is 3.29. The van der Waals surface area contributed by atoms with E-state index in [1.165, 1.54) is 0 Å². The van der Waals surface area contributed by atoms with E-state index in [1.54, 1.807) is 13.4 Å². The molecule has 1 atom stereocenters. The Morgan fingerprint density at radius 3 is 2.96 bits per heavy atom. The summed E-state index contributed by atoms with van der Waals surface area (Å²) in [5.74, 6) is 2.38. The summed E-state index contributed by atoms with van der Waals surface area (Å²) in [6, 6.07) is 9.96. The van der Waals surface area contributed by atoms with Crippen molar-refractivity contribution in [3.8, 4) is 11.5 Å². The first kappa shape index (κ1) is 17.9. The zero-order chi connectivity index (χ0) is 18.5. The van der Waals surface area contributed by atoms with E-state index >= 15 is 0 Å². The molecule has 1 aliphatic heterocycles. The second-order valence-electron chi connectivity index (χ2n) is 6.88. The fraction of sp³-hybridized carbons (Fsp3) is 0.450. The molecular formula is C20H24N4O3. The van der Waals surface area contributed by atoms with Crippen LogP contribution in [0.15, 0.2) is 45.5 Å². The summed E-state index contributed by atoms with van der Waals surface area (Å²) in [6.07, 6.45) is 4.60. The molecule has 3 heterocycles. The average Bonchev–Trinajstić information content (AvgIpc) is 3.37. The van der Waals surface area contributed by atoms with Gasteiger partial charge in [-0.25, -0.2) is 4.98 Å². The van der Waals surface area contributed by atoms with Crippen molar-refractivity contribution in [2.24, 2.45) is 0 Å². The zero-order valence-corrected chi connectivity index (χ0v) is 15.5. The van der Waals surface area contributed by atoms with Crippen LogP contribution in [0.2, 0.25) is 0 Å². The highest BCUT2D eigenvalue weighted by atomic mass is 16.5. The van der Waals surface area contributed by atoms with E-state index in [0.29, 0.717) is 24.7 Å². The van der Waals surface area contributed by atoms with Crippen molar-refractivity contribution < 1.29 is 13.7 Å². The molecule has 4 rings (SSSR count). The third-order valence-electron chi connectivity index (χ3n) is 4.83. The van der Waals surface area contributed by atoms with E-state index in [9.17, 15) is 0 Å². The van der Waals surface area contributed by atoms with Crippen molar-refractivity contribution in [2.45, 2.75) is 31.7 Å². The molecule has 3 aromatic rings. The number of benzene rings is 1. The smallest absolute Gasteiger partial charge is 0.231 e. The van der Waals surface area contributed by atoms with E-state index in [1.807, 2.05) is 30.3 Å². The highest BCUT2D eigenvalue weighted by Gasteiger charge is 2.26. The van der Waals surface area contributed by atoms with E-state index in [0.717, 1.165) is 49.6 Å². The van der Waals surface area contributed by atoms with Crippen LogP contribution in [0.3, 0.4) is 0 Å². The highest BCUT2D eigenvalue weighted by molar-refractivity contribution is 5.52. The average molecular weight is 368 g/mol. The fourth-order valence-corrected chi connectivity index (χ4v) is 3.45. The molecule has 1 saturated heterocycles.